The van der Waals surface area contributed by atoms with E-state index < -0.39 is 10.0 Å². The van der Waals surface area contributed by atoms with Crippen molar-refractivity contribution < 1.29 is 13.2 Å². The van der Waals surface area contributed by atoms with Gasteiger partial charge in [-0.25, -0.2) is 13.1 Å². The van der Waals surface area contributed by atoms with E-state index >= 15 is 0 Å². The molecule has 1 aromatic rings. The van der Waals surface area contributed by atoms with Crippen LogP contribution in [0, 0.1) is 0 Å². The molecule has 130 valence electrons. The van der Waals surface area contributed by atoms with Gasteiger partial charge in [-0.15, -0.1) is 0 Å². The van der Waals surface area contributed by atoms with Gasteiger partial charge in [0.1, 0.15) is 5.69 Å². The summed E-state index contributed by atoms with van der Waals surface area (Å²) in [4.78, 5) is 12.0. The maximum absolute atomic E-state index is 12.0. The van der Waals surface area contributed by atoms with E-state index in [2.05, 4.69) is 20.5 Å². The predicted molar refractivity (Wildman–Crippen MR) is 87.8 cm³/mol. The van der Waals surface area contributed by atoms with Crippen LogP contribution in [0.2, 0.25) is 0 Å². The lowest BCUT2D eigenvalue weighted by Gasteiger charge is -2.22. The van der Waals surface area contributed by atoms with Crippen molar-refractivity contribution in [3.63, 3.8) is 0 Å². The molecule has 0 aliphatic carbocycles. The van der Waals surface area contributed by atoms with Crippen molar-refractivity contribution in [2.45, 2.75) is 38.8 Å². The van der Waals surface area contributed by atoms with Crippen LogP contribution >= 0.6 is 0 Å². The highest BCUT2D eigenvalue weighted by molar-refractivity contribution is 7.89. The Bertz CT molecular complexity index is 620. The van der Waals surface area contributed by atoms with Gasteiger partial charge in [-0.1, -0.05) is 0 Å². The summed E-state index contributed by atoms with van der Waals surface area (Å²) in [7, 11) is -3.37. The molecule has 8 nitrogen and oxygen atoms in total. The number of carbonyl (C=O) groups is 1. The number of hydrogen-bond donors (Lipinski definition) is 3. The third-order valence-electron chi connectivity index (χ3n) is 3.56. The van der Waals surface area contributed by atoms with Gasteiger partial charge in [0.15, 0.2) is 0 Å². The lowest BCUT2D eigenvalue weighted by Crippen LogP contribution is -2.37. The molecule has 1 aliphatic heterocycles. The molecule has 2 rings (SSSR count). The molecule has 9 heteroatoms. The maximum Gasteiger partial charge on any atom is 0.271 e. The summed E-state index contributed by atoms with van der Waals surface area (Å²) in [5, 5.41) is 10.2. The third-order valence-corrected chi connectivity index (χ3v) is 5.13. The highest BCUT2D eigenvalue weighted by Gasteiger charge is 2.18. The van der Waals surface area contributed by atoms with Crippen LogP contribution in [-0.2, 0) is 10.0 Å². The average molecular weight is 343 g/mol. The number of amides is 1. The molecule has 2 heterocycles. The Labute approximate surface area is 137 Å². The monoisotopic (exact) mass is 343 g/mol. The minimum atomic E-state index is -3.37. The molecule has 0 bridgehead atoms. The normalized spacial score (nSPS) is 19.0. The van der Waals surface area contributed by atoms with Crippen molar-refractivity contribution in [3.8, 4) is 0 Å². The first kappa shape index (κ1) is 17.9. The molecular formula is C14H25N5O3S. The number of rotatable bonds is 7. The molecule has 1 aliphatic rings. The van der Waals surface area contributed by atoms with Crippen molar-refractivity contribution in [2.75, 3.05) is 25.4 Å². The fraction of sp³-hybridized carbons (Fsp3) is 0.714. The summed E-state index contributed by atoms with van der Waals surface area (Å²) in [5.74, 6) is -0.503. The van der Waals surface area contributed by atoms with Gasteiger partial charge < -0.3 is 10.6 Å². The number of hydrogen-bond acceptors (Lipinski definition) is 5. The van der Waals surface area contributed by atoms with Gasteiger partial charge in [-0.3, -0.25) is 9.48 Å². The first-order chi connectivity index (χ1) is 10.9. The van der Waals surface area contributed by atoms with Gasteiger partial charge >= 0.3 is 0 Å². The summed E-state index contributed by atoms with van der Waals surface area (Å²) in [6.45, 7) is 5.43. The second-order valence-corrected chi connectivity index (χ2v) is 7.90. The number of sulfonamides is 1. The fourth-order valence-electron chi connectivity index (χ4n) is 2.53. The molecule has 3 N–H and O–H groups in total. The van der Waals surface area contributed by atoms with Crippen LogP contribution in [-0.4, -0.2) is 55.5 Å². The fourth-order valence-corrected chi connectivity index (χ4v) is 3.74. The Hall–Kier alpha value is -1.45. The standard InChI is InChI=1S/C14H25N5O3S/c1-11(2)18-23(21,22)9-7-16-14(20)13-5-8-19(17-13)12-4-3-6-15-10-12/h5,8,11-12,15,18H,3-4,6-7,9-10H2,1-2H3,(H,16,20). The highest BCUT2D eigenvalue weighted by Crippen LogP contribution is 2.15. The first-order valence-electron chi connectivity index (χ1n) is 7.91. The number of nitrogens with one attached hydrogen (secondary N) is 3. The SMILES string of the molecule is CC(C)NS(=O)(=O)CCNC(=O)c1ccn(C2CCCNC2)n1. The summed E-state index contributed by atoms with van der Waals surface area (Å²) >= 11 is 0. The van der Waals surface area contributed by atoms with Crippen LogP contribution in [0.15, 0.2) is 12.3 Å². The quantitative estimate of drug-likeness (QED) is 0.639. The van der Waals surface area contributed by atoms with Crippen LogP contribution < -0.4 is 15.4 Å². The zero-order chi connectivity index (χ0) is 16.9. The Kier molecular flexibility index (Phi) is 6.14. The largest absolute Gasteiger partial charge is 0.350 e. The molecule has 0 aromatic carbocycles. The number of carbonyl (C=O) groups excluding carboxylic acids is 1. The zero-order valence-corrected chi connectivity index (χ0v) is 14.4. The van der Waals surface area contributed by atoms with E-state index in [0.717, 1.165) is 25.9 Å². The van der Waals surface area contributed by atoms with Crippen molar-refractivity contribution >= 4 is 15.9 Å². The molecule has 1 fully saturated rings. The summed E-state index contributed by atoms with van der Waals surface area (Å²) in [6.07, 6.45) is 3.92. The average Bonchev–Trinajstić information content (AvgIpc) is 2.96. The van der Waals surface area contributed by atoms with Crippen LogP contribution in [0.25, 0.3) is 0 Å². The second-order valence-electron chi connectivity index (χ2n) is 6.03. The van der Waals surface area contributed by atoms with Gasteiger partial charge in [0.25, 0.3) is 5.91 Å². The minimum absolute atomic E-state index is 0.0543. The Balaban J connectivity index is 1.83. The van der Waals surface area contributed by atoms with E-state index in [1.165, 1.54) is 0 Å². The molecular weight excluding hydrogens is 318 g/mol. The maximum atomic E-state index is 12.0. The molecule has 1 saturated heterocycles. The Morgan fingerprint density at radius 1 is 1.52 bits per heavy atom. The summed E-state index contributed by atoms with van der Waals surface area (Å²) in [5.41, 5.74) is 0.310. The Morgan fingerprint density at radius 3 is 2.96 bits per heavy atom. The lowest BCUT2D eigenvalue weighted by atomic mass is 10.1. The van der Waals surface area contributed by atoms with Crippen LogP contribution in [0.4, 0.5) is 0 Å². The smallest absolute Gasteiger partial charge is 0.271 e. The van der Waals surface area contributed by atoms with E-state index in [1.54, 1.807) is 30.8 Å². The van der Waals surface area contributed by atoms with E-state index in [-0.39, 0.29) is 30.3 Å². The molecule has 1 aromatic heterocycles. The summed E-state index contributed by atoms with van der Waals surface area (Å²) in [6, 6.07) is 1.77. The molecule has 1 atom stereocenters. The van der Waals surface area contributed by atoms with Gasteiger partial charge in [-0.2, -0.15) is 5.10 Å². The number of piperidine rings is 1. The van der Waals surface area contributed by atoms with Crippen LogP contribution in [0.5, 0.6) is 0 Å². The topological polar surface area (TPSA) is 105 Å². The first-order valence-corrected chi connectivity index (χ1v) is 9.57. The third kappa shape index (κ3) is 5.60. The highest BCUT2D eigenvalue weighted by atomic mass is 32.2. The molecule has 0 radical (unpaired) electrons. The molecule has 0 spiro atoms. The predicted octanol–water partition coefficient (Wildman–Crippen LogP) is -0.135. The zero-order valence-electron chi connectivity index (χ0n) is 13.6. The lowest BCUT2D eigenvalue weighted by molar-refractivity contribution is 0.0949. The van der Waals surface area contributed by atoms with E-state index in [1.807, 2.05) is 0 Å². The van der Waals surface area contributed by atoms with E-state index in [4.69, 9.17) is 0 Å². The van der Waals surface area contributed by atoms with Crippen molar-refractivity contribution in [1.29, 1.82) is 0 Å². The second kappa shape index (κ2) is 7.89. The van der Waals surface area contributed by atoms with Crippen molar-refractivity contribution in [1.82, 2.24) is 25.1 Å². The minimum Gasteiger partial charge on any atom is -0.350 e. The van der Waals surface area contributed by atoms with Gasteiger partial charge in [0, 0.05) is 25.3 Å². The van der Waals surface area contributed by atoms with Gasteiger partial charge in [-0.05, 0) is 39.3 Å². The molecule has 23 heavy (non-hydrogen) atoms. The van der Waals surface area contributed by atoms with Crippen LogP contribution in [0.1, 0.15) is 43.2 Å². The van der Waals surface area contributed by atoms with Crippen molar-refractivity contribution in [3.05, 3.63) is 18.0 Å². The van der Waals surface area contributed by atoms with Gasteiger partial charge in [0.05, 0.1) is 11.8 Å². The molecule has 0 saturated carbocycles. The summed E-state index contributed by atoms with van der Waals surface area (Å²) < 4.78 is 27.6. The van der Waals surface area contributed by atoms with E-state index in [0.29, 0.717) is 5.69 Å². The number of aromatic nitrogens is 2. The molecule has 1 amide bonds. The number of nitrogens with zero attached hydrogens (tertiary/aromatic N) is 2. The van der Waals surface area contributed by atoms with Crippen LogP contribution in [0.3, 0.4) is 0 Å². The molecule has 1 unspecified atom stereocenters. The van der Waals surface area contributed by atoms with Crippen molar-refractivity contribution in [2.24, 2.45) is 0 Å². The van der Waals surface area contributed by atoms with Gasteiger partial charge in [0.2, 0.25) is 10.0 Å². The van der Waals surface area contributed by atoms with E-state index in [9.17, 15) is 13.2 Å². The Morgan fingerprint density at radius 2 is 2.30 bits per heavy atom.